The van der Waals surface area contributed by atoms with Gasteiger partial charge >= 0.3 is 6.09 Å². The lowest BCUT2D eigenvalue weighted by atomic mass is 9.95. The number of nitrogens with one attached hydrogen (secondary N) is 3. The van der Waals surface area contributed by atoms with Crippen LogP contribution >= 0.6 is 11.3 Å². The number of hydrogen-bond donors (Lipinski definition) is 3. The maximum atomic E-state index is 13.4. The molecule has 0 saturated heterocycles. The Balaban J connectivity index is 1.37. The summed E-state index contributed by atoms with van der Waals surface area (Å²) in [5.41, 5.74) is 3.36. The van der Waals surface area contributed by atoms with Crippen molar-refractivity contribution in [3.05, 3.63) is 47.1 Å². The molecular weight excluding hydrogens is 510 g/mol. The van der Waals surface area contributed by atoms with E-state index in [0.29, 0.717) is 46.2 Å². The Bertz CT molecular complexity index is 1440. The first-order chi connectivity index (χ1) is 17.7. The second-order valence-corrected chi connectivity index (χ2v) is 13.1. The lowest BCUT2D eigenvalue weighted by molar-refractivity contribution is 0.111. The van der Waals surface area contributed by atoms with Crippen LogP contribution in [-0.2, 0) is 14.6 Å². The van der Waals surface area contributed by atoms with Gasteiger partial charge in [-0.05, 0) is 76.6 Å². The average Bonchev–Trinajstić information content (AvgIpc) is 3.48. The van der Waals surface area contributed by atoms with Gasteiger partial charge in [0.15, 0.2) is 15.7 Å². The SMILES string of the molecule is Cc1cc(Nc2ccc(-c3ncc(C4=CCC(NC(=O)OC(C)C)CC4)s3)c(S(=O)(=O)C3CC3)c2)n[nH]1. The molecular formula is C26H31N5O4S2. The van der Waals surface area contributed by atoms with Crippen molar-refractivity contribution in [2.24, 2.45) is 0 Å². The lowest BCUT2D eigenvalue weighted by Gasteiger charge is -2.22. The van der Waals surface area contributed by atoms with Crippen LogP contribution < -0.4 is 10.6 Å². The second kappa shape index (κ2) is 10.3. The molecule has 2 aliphatic carbocycles. The predicted molar refractivity (Wildman–Crippen MR) is 145 cm³/mol. The second-order valence-electron chi connectivity index (χ2n) is 9.85. The number of allylic oxidation sites excluding steroid dienone is 1. The van der Waals surface area contributed by atoms with Crippen molar-refractivity contribution < 1.29 is 17.9 Å². The van der Waals surface area contributed by atoms with Gasteiger partial charge in [0.25, 0.3) is 0 Å². The van der Waals surface area contributed by atoms with Crippen LogP contribution in [0.15, 0.2) is 41.4 Å². The number of aryl methyl sites for hydroxylation is 1. The third-order valence-corrected chi connectivity index (χ3v) is 9.76. The van der Waals surface area contributed by atoms with Gasteiger partial charge in [0.1, 0.15) is 5.01 Å². The van der Waals surface area contributed by atoms with Crippen LogP contribution in [0.25, 0.3) is 16.1 Å². The molecule has 2 aliphatic rings. The zero-order valence-electron chi connectivity index (χ0n) is 21.1. The number of sulfone groups is 1. The minimum absolute atomic E-state index is 0.0380. The van der Waals surface area contributed by atoms with E-state index in [4.69, 9.17) is 4.74 Å². The number of aromatic amines is 1. The van der Waals surface area contributed by atoms with Crippen LogP contribution in [0, 0.1) is 6.92 Å². The zero-order chi connectivity index (χ0) is 26.2. The summed E-state index contributed by atoms with van der Waals surface area (Å²) in [5, 5.41) is 13.5. The molecule has 5 rings (SSSR count). The molecule has 1 fully saturated rings. The maximum Gasteiger partial charge on any atom is 0.407 e. The molecule has 9 nitrogen and oxygen atoms in total. The standard InChI is InChI=1S/C26H31N5O4S2/c1-15(2)35-26(32)29-18-6-4-17(5-7-18)22-14-27-25(36-22)21-11-8-19(28-24-12-16(3)30-31-24)13-23(21)37(33,34)20-9-10-20/h4,8,11-15,18,20H,5-7,9-10H2,1-3H3,(H,29,32)(H2,28,30,31). The minimum atomic E-state index is -3.47. The molecule has 1 unspecified atom stereocenters. The van der Waals surface area contributed by atoms with Crippen LogP contribution in [0.3, 0.4) is 0 Å². The van der Waals surface area contributed by atoms with E-state index in [1.54, 1.807) is 6.07 Å². The van der Waals surface area contributed by atoms with Crippen molar-refractivity contribution >= 4 is 44.3 Å². The summed E-state index contributed by atoms with van der Waals surface area (Å²) in [4.78, 5) is 17.8. The summed E-state index contributed by atoms with van der Waals surface area (Å²) in [7, 11) is -3.47. The number of carbonyl (C=O) groups is 1. The molecule has 196 valence electrons. The number of nitrogens with zero attached hydrogens (tertiary/aromatic N) is 2. The molecule has 1 amide bonds. The van der Waals surface area contributed by atoms with Crippen molar-refractivity contribution in [1.29, 1.82) is 0 Å². The van der Waals surface area contributed by atoms with Crippen LogP contribution in [0.5, 0.6) is 0 Å². The minimum Gasteiger partial charge on any atom is -0.447 e. The molecule has 0 radical (unpaired) electrons. The normalized spacial score (nSPS) is 17.9. The number of hydrogen-bond acceptors (Lipinski definition) is 8. The molecule has 1 atom stereocenters. The van der Waals surface area contributed by atoms with Crippen LogP contribution in [-0.4, -0.2) is 47.1 Å². The largest absolute Gasteiger partial charge is 0.447 e. The van der Waals surface area contributed by atoms with Crippen LogP contribution in [0.4, 0.5) is 16.3 Å². The zero-order valence-corrected chi connectivity index (χ0v) is 22.7. The highest BCUT2D eigenvalue weighted by Gasteiger charge is 2.39. The Kier molecular flexibility index (Phi) is 7.09. The number of H-pyrrole nitrogens is 1. The highest BCUT2D eigenvalue weighted by atomic mass is 32.2. The van der Waals surface area contributed by atoms with Gasteiger partial charge < -0.3 is 15.4 Å². The number of rotatable bonds is 8. The Morgan fingerprint density at radius 3 is 2.68 bits per heavy atom. The smallest absolute Gasteiger partial charge is 0.407 e. The van der Waals surface area contributed by atoms with Gasteiger partial charge in [0.2, 0.25) is 0 Å². The molecule has 1 saturated carbocycles. The fraction of sp³-hybridized carbons (Fsp3) is 0.423. The first-order valence-corrected chi connectivity index (χ1v) is 14.8. The van der Waals surface area contributed by atoms with Gasteiger partial charge in [-0.15, -0.1) is 11.3 Å². The van der Waals surface area contributed by atoms with Crippen molar-refractivity contribution in [3.63, 3.8) is 0 Å². The number of thiazole rings is 1. The summed E-state index contributed by atoms with van der Waals surface area (Å²) < 4.78 is 31.9. The third kappa shape index (κ3) is 5.88. The van der Waals surface area contributed by atoms with Gasteiger partial charge in [-0.25, -0.2) is 18.2 Å². The summed E-state index contributed by atoms with van der Waals surface area (Å²) in [6, 6.07) is 7.28. The number of anilines is 2. The van der Waals surface area contributed by atoms with E-state index in [0.717, 1.165) is 29.0 Å². The maximum absolute atomic E-state index is 13.4. The van der Waals surface area contributed by atoms with Gasteiger partial charge in [0.05, 0.1) is 21.1 Å². The summed E-state index contributed by atoms with van der Waals surface area (Å²) in [5.74, 6) is 0.631. The van der Waals surface area contributed by atoms with Crippen molar-refractivity contribution in [2.45, 2.75) is 75.2 Å². The third-order valence-electron chi connectivity index (χ3n) is 6.36. The van der Waals surface area contributed by atoms with E-state index < -0.39 is 9.84 Å². The molecule has 3 N–H and O–H groups in total. The van der Waals surface area contributed by atoms with E-state index in [2.05, 4.69) is 31.9 Å². The monoisotopic (exact) mass is 541 g/mol. The topological polar surface area (TPSA) is 126 Å². The molecule has 37 heavy (non-hydrogen) atoms. The van der Waals surface area contributed by atoms with Gasteiger partial charge in [-0.1, -0.05) is 6.08 Å². The van der Waals surface area contributed by atoms with Crippen molar-refractivity contribution in [2.75, 3.05) is 5.32 Å². The van der Waals surface area contributed by atoms with Gasteiger partial charge in [-0.3, -0.25) is 5.10 Å². The van der Waals surface area contributed by atoms with E-state index in [1.807, 2.05) is 45.2 Å². The number of carbonyl (C=O) groups excluding carboxylic acids is 1. The number of alkyl carbamates (subject to hydrolysis) is 1. The quantitative estimate of drug-likeness (QED) is 0.339. The molecule has 0 aliphatic heterocycles. The van der Waals surface area contributed by atoms with E-state index in [1.165, 1.54) is 11.3 Å². The molecule has 3 aromatic rings. The Hall–Kier alpha value is -3.18. The fourth-order valence-corrected chi connectivity index (χ4v) is 7.32. The van der Waals surface area contributed by atoms with E-state index >= 15 is 0 Å². The predicted octanol–water partition coefficient (Wildman–Crippen LogP) is 5.59. The molecule has 1 aromatic carbocycles. The summed E-state index contributed by atoms with van der Waals surface area (Å²) in [6.45, 7) is 5.56. The van der Waals surface area contributed by atoms with Gasteiger partial charge in [0, 0.05) is 35.2 Å². The first-order valence-electron chi connectivity index (χ1n) is 12.5. The van der Waals surface area contributed by atoms with Crippen LogP contribution in [0.2, 0.25) is 0 Å². The molecule has 2 heterocycles. The number of benzene rings is 1. The average molecular weight is 542 g/mol. The number of ether oxygens (including phenoxy) is 1. The molecule has 2 aromatic heterocycles. The first kappa shape index (κ1) is 25.5. The van der Waals surface area contributed by atoms with Crippen LogP contribution in [0.1, 0.15) is 56.5 Å². The number of amides is 1. The number of aromatic nitrogens is 3. The lowest BCUT2D eigenvalue weighted by Crippen LogP contribution is -2.37. The van der Waals surface area contributed by atoms with Crippen molar-refractivity contribution in [1.82, 2.24) is 20.5 Å². The molecule has 0 spiro atoms. The molecule has 11 heteroatoms. The van der Waals surface area contributed by atoms with E-state index in [-0.39, 0.29) is 23.5 Å². The van der Waals surface area contributed by atoms with Crippen molar-refractivity contribution in [3.8, 4) is 10.6 Å². The van der Waals surface area contributed by atoms with E-state index in [9.17, 15) is 13.2 Å². The Morgan fingerprint density at radius 1 is 1.22 bits per heavy atom. The highest BCUT2D eigenvalue weighted by Crippen LogP contribution is 2.42. The van der Waals surface area contributed by atoms with Gasteiger partial charge in [-0.2, -0.15) is 5.10 Å². The highest BCUT2D eigenvalue weighted by molar-refractivity contribution is 7.92. The summed E-state index contributed by atoms with van der Waals surface area (Å²) >= 11 is 1.50. The molecule has 0 bridgehead atoms. The Labute approximate surface area is 220 Å². The fourth-order valence-electron chi connectivity index (χ4n) is 4.35. The summed E-state index contributed by atoms with van der Waals surface area (Å²) in [6.07, 6.45) is 7.10. The Morgan fingerprint density at radius 2 is 2.03 bits per heavy atom.